The standard InChI is InChI=1S/C26H31FN4O2/c1-4-31(5-2)12-11-28-24(32)20-15(3)29-23-18(14-26(22(20)23)9-6-10-26)21-17-13-16(27)7-8-19(17)30-25(21)33/h7-8,13,29H,4-6,9-12,14H2,1-3H3,(H,28,32)(H,30,33)/b21-18-. The molecule has 174 valence electrons. The second-order valence-corrected chi connectivity index (χ2v) is 9.47. The van der Waals surface area contributed by atoms with Gasteiger partial charge in [0.05, 0.1) is 11.1 Å². The van der Waals surface area contributed by atoms with Gasteiger partial charge in [0.1, 0.15) is 5.82 Å². The molecule has 0 radical (unpaired) electrons. The van der Waals surface area contributed by atoms with Gasteiger partial charge in [0.15, 0.2) is 0 Å². The van der Waals surface area contributed by atoms with Gasteiger partial charge in [-0.05, 0) is 68.6 Å². The molecular weight excluding hydrogens is 419 g/mol. The molecule has 2 heterocycles. The molecule has 1 aromatic carbocycles. The Hall–Kier alpha value is -2.93. The van der Waals surface area contributed by atoms with Crippen LogP contribution >= 0.6 is 0 Å². The van der Waals surface area contributed by atoms with E-state index in [0.29, 0.717) is 29.8 Å². The lowest BCUT2D eigenvalue weighted by atomic mass is 9.64. The minimum absolute atomic E-state index is 0.0583. The summed E-state index contributed by atoms with van der Waals surface area (Å²) < 4.78 is 14.0. The fourth-order valence-corrected chi connectivity index (χ4v) is 5.82. The number of nitrogens with zero attached hydrogens (tertiary/aromatic N) is 1. The van der Waals surface area contributed by atoms with Crippen LogP contribution in [0.15, 0.2) is 18.2 Å². The number of hydrogen-bond acceptors (Lipinski definition) is 3. The van der Waals surface area contributed by atoms with E-state index in [9.17, 15) is 14.0 Å². The molecule has 1 spiro atoms. The maximum absolute atomic E-state index is 14.0. The number of aromatic nitrogens is 1. The Morgan fingerprint density at radius 3 is 2.67 bits per heavy atom. The van der Waals surface area contributed by atoms with E-state index in [4.69, 9.17) is 0 Å². The topological polar surface area (TPSA) is 77.2 Å². The molecule has 1 aliphatic heterocycles. The molecule has 3 aliphatic rings. The summed E-state index contributed by atoms with van der Waals surface area (Å²) in [6.45, 7) is 9.47. The van der Waals surface area contributed by atoms with Gasteiger partial charge in [-0.3, -0.25) is 9.59 Å². The van der Waals surface area contributed by atoms with E-state index >= 15 is 0 Å². The fraction of sp³-hybridized carbons (Fsp3) is 0.462. The lowest BCUT2D eigenvalue weighted by Crippen LogP contribution is -2.37. The van der Waals surface area contributed by atoms with E-state index in [2.05, 4.69) is 34.4 Å². The number of benzene rings is 1. The predicted octanol–water partition coefficient (Wildman–Crippen LogP) is 4.22. The first-order valence-electron chi connectivity index (χ1n) is 12.0. The Kier molecular flexibility index (Phi) is 5.40. The van der Waals surface area contributed by atoms with Crippen LogP contribution in [-0.2, 0) is 10.2 Å². The van der Waals surface area contributed by atoms with Crippen molar-refractivity contribution < 1.29 is 14.0 Å². The van der Waals surface area contributed by atoms with Crippen molar-refractivity contribution in [2.75, 3.05) is 31.5 Å². The number of H-pyrrole nitrogens is 1. The summed E-state index contributed by atoms with van der Waals surface area (Å²) >= 11 is 0. The number of likely N-dealkylation sites (N-methyl/N-ethyl adjacent to an activating group) is 1. The normalized spacial score (nSPS) is 20.1. The summed E-state index contributed by atoms with van der Waals surface area (Å²) in [7, 11) is 0. The molecule has 0 atom stereocenters. The van der Waals surface area contributed by atoms with Gasteiger partial charge in [-0.15, -0.1) is 0 Å². The number of aromatic amines is 1. The Morgan fingerprint density at radius 2 is 2.00 bits per heavy atom. The zero-order valence-electron chi connectivity index (χ0n) is 19.5. The van der Waals surface area contributed by atoms with E-state index in [1.54, 1.807) is 6.07 Å². The van der Waals surface area contributed by atoms with E-state index < -0.39 is 0 Å². The van der Waals surface area contributed by atoms with Gasteiger partial charge in [-0.2, -0.15) is 0 Å². The average molecular weight is 451 g/mol. The molecule has 2 aliphatic carbocycles. The first kappa shape index (κ1) is 21.9. The highest BCUT2D eigenvalue weighted by Gasteiger charge is 2.51. The van der Waals surface area contributed by atoms with Crippen LogP contribution in [0, 0.1) is 12.7 Å². The lowest BCUT2D eigenvalue weighted by molar-refractivity contribution is -0.110. The smallest absolute Gasteiger partial charge is 0.256 e. The lowest BCUT2D eigenvalue weighted by Gasteiger charge is -2.39. The summed E-state index contributed by atoms with van der Waals surface area (Å²) in [6, 6.07) is 4.40. The van der Waals surface area contributed by atoms with Gasteiger partial charge < -0.3 is 20.5 Å². The second kappa shape index (κ2) is 8.13. The second-order valence-electron chi connectivity index (χ2n) is 9.47. The van der Waals surface area contributed by atoms with Crippen LogP contribution in [-0.4, -0.2) is 47.9 Å². The fourth-order valence-electron chi connectivity index (χ4n) is 5.82. The number of hydrogen-bond donors (Lipinski definition) is 3. The minimum atomic E-state index is -0.365. The van der Waals surface area contributed by atoms with E-state index in [0.717, 1.165) is 67.0 Å². The number of carbonyl (C=O) groups excluding carboxylic acids is 2. The van der Waals surface area contributed by atoms with Gasteiger partial charge in [-0.25, -0.2) is 4.39 Å². The number of anilines is 1. The van der Waals surface area contributed by atoms with Gasteiger partial charge in [0.25, 0.3) is 11.8 Å². The summed E-state index contributed by atoms with van der Waals surface area (Å²) in [6.07, 6.45) is 3.79. The number of allylic oxidation sites excluding steroid dienone is 1. The minimum Gasteiger partial charge on any atom is -0.358 e. The zero-order valence-corrected chi connectivity index (χ0v) is 19.5. The van der Waals surface area contributed by atoms with Gasteiger partial charge in [0.2, 0.25) is 0 Å². The van der Waals surface area contributed by atoms with Crippen molar-refractivity contribution in [3.8, 4) is 0 Å². The molecule has 2 aromatic rings. The van der Waals surface area contributed by atoms with Crippen LogP contribution < -0.4 is 10.6 Å². The predicted molar refractivity (Wildman–Crippen MR) is 128 cm³/mol. The Balaban J connectivity index is 1.55. The maximum Gasteiger partial charge on any atom is 0.256 e. The van der Waals surface area contributed by atoms with Crippen molar-refractivity contribution in [1.82, 2.24) is 15.2 Å². The average Bonchev–Trinajstić information content (AvgIpc) is 3.38. The highest BCUT2D eigenvalue weighted by atomic mass is 19.1. The van der Waals surface area contributed by atoms with Crippen LogP contribution in [0.3, 0.4) is 0 Å². The molecule has 0 bridgehead atoms. The summed E-state index contributed by atoms with van der Waals surface area (Å²) in [5.74, 6) is -0.627. The van der Waals surface area contributed by atoms with E-state index in [-0.39, 0.29) is 23.0 Å². The highest BCUT2D eigenvalue weighted by Crippen LogP contribution is 2.60. The summed E-state index contributed by atoms with van der Waals surface area (Å²) in [5, 5.41) is 5.99. The van der Waals surface area contributed by atoms with Crippen molar-refractivity contribution in [2.45, 2.75) is 51.9 Å². The number of carbonyl (C=O) groups is 2. The van der Waals surface area contributed by atoms with Crippen molar-refractivity contribution in [2.24, 2.45) is 0 Å². The SMILES string of the molecule is CCN(CC)CCNC(=O)c1c(C)[nH]c2c1C1(CCC1)C/C2=C1/C(=O)Nc2ccc(F)cc21. The monoisotopic (exact) mass is 450 g/mol. The van der Waals surface area contributed by atoms with Gasteiger partial charge in [0, 0.05) is 41.1 Å². The Bertz CT molecular complexity index is 1170. The molecule has 33 heavy (non-hydrogen) atoms. The zero-order chi connectivity index (χ0) is 23.3. The molecule has 5 rings (SSSR count). The molecule has 1 aromatic heterocycles. The van der Waals surface area contributed by atoms with Crippen molar-refractivity contribution >= 4 is 28.6 Å². The van der Waals surface area contributed by atoms with Crippen LogP contribution in [0.4, 0.5) is 10.1 Å². The molecule has 1 fully saturated rings. The Morgan fingerprint density at radius 1 is 1.24 bits per heavy atom. The number of amides is 2. The summed E-state index contributed by atoms with van der Waals surface area (Å²) in [5.41, 5.74) is 6.02. The first-order chi connectivity index (χ1) is 15.9. The van der Waals surface area contributed by atoms with E-state index in [1.165, 1.54) is 12.1 Å². The van der Waals surface area contributed by atoms with Crippen molar-refractivity contribution in [3.63, 3.8) is 0 Å². The molecule has 7 heteroatoms. The van der Waals surface area contributed by atoms with E-state index in [1.807, 2.05) is 6.92 Å². The number of fused-ring (bicyclic) bond motifs is 3. The third-order valence-electron chi connectivity index (χ3n) is 7.71. The van der Waals surface area contributed by atoms with Crippen molar-refractivity contribution in [3.05, 3.63) is 52.1 Å². The molecule has 6 nitrogen and oxygen atoms in total. The molecule has 1 saturated carbocycles. The van der Waals surface area contributed by atoms with Gasteiger partial charge in [-0.1, -0.05) is 20.3 Å². The van der Waals surface area contributed by atoms with Crippen LogP contribution in [0.25, 0.3) is 11.1 Å². The number of nitrogens with one attached hydrogen (secondary N) is 3. The first-order valence-corrected chi connectivity index (χ1v) is 12.0. The van der Waals surface area contributed by atoms with Gasteiger partial charge >= 0.3 is 0 Å². The highest BCUT2D eigenvalue weighted by molar-refractivity contribution is 6.37. The third-order valence-corrected chi connectivity index (χ3v) is 7.71. The molecule has 2 amide bonds. The number of rotatable bonds is 6. The Labute approximate surface area is 193 Å². The molecule has 0 unspecified atom stereocenters. The largest absolute Gasteiger partial charge is 0.358 e. The quantitative estimate of drug-likeness (QED) is 0.577. The molecule has 3 N–H and O–H groups in total. The third kappa shape index (κ3) is 3.41. The van der Waals surface area contributed by atoms with Crippen LogP contribution in [0.2, 0.25) is 0 Å². The van der Waals surface area contributed by atoms with Crippen molar-refractivity contribution in [1.29, 1.82) is 0 Å². The molecular formula is C26H31FN4O2. The molecule has 0 saturated heterocycles. The number of halogens is 1. The summed E-state index contributed by atoms with van der Waals surface area (Å²) in [4.78, 5) is 32.0. The number of aryl methyl sites for hydroxylation is 1. The van der Waals surface area contributed by atoms with Crippen LogP contribution in [0.1, 0.15) is 72.4 Å². The maximum atomic E-state index is 14.0. The van der Waals surface area contributed by atoms with Crippen LogP contribution in [0.5, 0.6) is 0 Å².